The number of benzene rings is 3. The lowest BCUT2D eigenvalue weighted by atomic mass is 10.0. The highest BCUT2D eigenvalue weighted by Gasteiger charge is 1.97. The third kappa shape index (κ3) is 4.44. The predicted molar refractivity (Wildman–Crippen MR) is 98.0 cm³/mol. The van der Waals surface area contributed by atoms with Crippen LogP contribution in [0.3, 0.4) is 0 Å². The molecule has 0 amide bonds. The van der Waals surface area contributed by atoms with Crippen molar-refractivity contribution < 1.29 is 4.39 Å². The highest BCUT2D eigenvalue weighted by atomic mass is 19.1. The van der Waals surface area contributed by atoms with Crippen LogP contribution < -0.4 is 0 Å². The van der Waals surface area contributed by atoms with Gasteiger partial charge in [-0.25, -0.2) is 4.39 Å². The summed E-state index contributed by atoms with van der Waals surface area (Å²) in [6.45, 7) is 0. The molecule has 0 saturated heterocycles. The third-order valence-corrected chi connectivity index (χ3v) is 3.65. The Hall–Kier alpha value is -3.11. The summed E-state index contributed by atoms with van der Waals surface area (Å²) in [4.78, 5) is 0. The van der Waals surface area contributed by atoms with Crippen LogP contribution in [0.2, 0.25) is 0 Å². The van der Waals surface area contributed by atoms with E-state index >= 15 is 0 Å². The monoisotopic (exact) mass is 312 g/mol. The molecule has 116 valence electrons. The molecule has 0 aliphatic heterocycles. The number of hydrogen-bond donors (Lipinski definition) is 0. The van der Waals surface area contributed by atoms with Crippen LogP contribution in [0.1, 0.15) is 22.3 Å². The van der Waals surface area contributed by atoms with Gasteiger partial charge in [0.15, 0.2) is 0 Å². The van der Waals surface area contributed by atoms with Crippen LogP contribution in [0.25, 0.3) is 6.08 Å². The van der Waals surface area contributed by atoms with Crippen LogP contribution in [0.5, 0.6) is 0 Å². The fourth-order valence-corrected chi connectivity index (χ4v) is 2.38. The molecular formula is C23H17F. The fraction of sp³-hybridized carbons (Fsp3) is 0.0435. The fourth-order valence-electron chi connectivity index (χ4n) is 2.38. The molecule has 24 heavy (non-hydrogen) atoms. The highest BCUT2D eigenvalue weighted by molar-refractivity contribution is 5.51. The summed E-state index contributed by atoms with van der Waals surface area (Å²) in [5.74, 6) is 6.04. The Morgan fingerprint density at radius 3 is 2.25 bits per heavy atom. The van der Waals surface area contributed by atoms with Gasteiger partial charge in [0.2, 0.25) is 0 Å². The molecule has 0 radical (unpaired) electrons. The molecule has 0 aliphatic rings. The van der Waals surface area contributed by atoms with Crippen molar-refractivity contribution >= 4 is 6.08 Å². The molecule has 0 aromatic heterocycles. The Morgan fingerprint density at radius 1 is 0.750 bits per heavy atom. The topological polar surface area (TPSA) is 0 Å². The lowest BCUT2D eigenvalue weighted by Gasteiger charge is -2.01. The number of allylic oxidation sites excluding steroid dienone is 1. The van der Waals surface area contributed by atoms with Crippen molar-refractivity contribution in [1.82, 2.24) is 0 Å². The van der Waals surface area contributed by atoms with Crippen LogP contribution >= 0.6 is 0 Å². The van der Waals surface area contributed by atoms with Gasteiger partial charge in [-0.2, -0.15) is 0 Å². The second-order valence-corrected chi connectivity index (χ2v) is 5.43. The molecule has 3 rings (SSSR count). The summed E-state index contributed by atoms with van der Waals surface area (Å²) >= 11 is 0. The van der Waals surface area contributed by atoms with Crippen molar-refractivity contribution in [3.63, 3.8) is 0 Å². The van der Waals surface area contributed by atoms with Gasteiger partial charge in [0.1, 0.15) is 5.82 Å². The smallest absolute Gasteiger partial charge is 0.123 e. The van der Waals surface area contributed by atoms with Crippen molar-refractivity contribution in [2.24, 2.45) is 0 Å². The molecule has 0 nitrogen and oxygen atoms in total. The Balaban J connectivity index is 1.76. The minimum Gasteiger partial charge on any atom is -0.207 e. The van der Waals surface area contributed by atoms with Crippen molar-refractivity contribution in [3.8, 4) is 11.8 Å². The zero-order chi connectivity index (χ0) is 16.6. The second-order valence-electron chi connectivity index (χ2n) is 5.43. The van der Waals surface area contributed by atoms with Gasteiger partial charge < -0.3 is 0 Å². The van der Waals surface area contributed by atoms with Crippen LogP contribution in [0.15, 0.2) is 84.9 Å². The van der Waals surface area contributed by atoms with Crippen molar-refractivity contribution in [2.45, 2.75) is 6.42 Å². The lowest BCUT2D eigenvalue weighted by molar-refractivity contribution is 0.627. The first-order valence-electron chi connectivity index (χ1n) is 7.88. The number of halogens is 1. The zero-order valence-corrected chi connectivity index (χ0v) is 13.2. The lowest BCUT2D eigenvalue weighted by Crippen LogP contribution is -1.87. The van der Waals surface area contributed by atoms with Crippen molar-refractivity contribution in [2.75, 3.05) is 0 Å². The van der Waals surface area contributed by atoms with Gasteiger partial charge in [0, 0.05) is 11.1 Å². The molecule has 1 heteroatoms. The molecule has 0 spiro atoms. The van der Waals surface area contributed by atoms with Crippen LogP contribution in [0, 0.1) is 17.7 Å². The minimum absolute atomic E-state index is 0.244. The van der Waals surface area contributed by atoms with E-state index in [1.165, 1.54) is 23.3 Å². The largest absolute Gasteiger partial charge is 0.207 e. The molecule has 0 heterocycles. The van der Waals surface area contributed by atoms with Crippen molar-refractivity contribution in [3.05, 3.63) is 113 Å². The number of hydrogen-bond acceptors (Lipinski definition) is 0. The summed E-state index contributed by atoms with van der Waals surface area (Å²) in [7, 11) is 0. The van der Waals surface area contributed by atoms with E-state index in [0.717, 1.165) is 17.5 Å². The number of rotatable bonds is 3. The maximum atomic E-state index is 12.9. The van der Waals surface area contributed by atoms with Crippen molar-refractivity contribution in [1.29, 1.82) is 0 Å². The summed E-state index contributed by atoms with van der Waals surface area (Å²) in [6.07, 6.45) is 5.08. The molecule has 0 unspecified atom stereocenters. The van der Waals surface area contributed by atoms with Gasteiger partial charge >= 0.3 is 0 Å². The van der Waals surface area contributed by atoms with Crippen LogP contribution in [0.4, 0.5) is 4.39 Å². The van der Waals surface area contributed by atoms with E-state index in [2.05, 4.69) is 42.2 Å². The third-order valence-electron chi connectivity index (χ3n) is 3.65. The van der Waals surface area contributed by atoms with E-state index in [9.17, 15) is 4.39 Å². The zero-order valence-electron chi connectivity index (χ0n) is 13.2. The normalized spacial score (nSPS) is 10.4. The van der Waals surface area contributed by atoms with E-state index in [-0.39, 0.29) is 5.82 Å². The predicted octanol–water partition coefficient (Wildman–Crippen LogP) is 5.48. The molecule has 0 N–H and O–H groups in total. The summed E-state index contributed by atoms with van der Waals surface area (Å²) in [6, 6.07) is 24.6. The van der Waals surface area contributed by atoms with Gasteiger partial charge in [-0.05, 0) is 47.9 Å². The van der Waals surface area contributed by atoms with Gasteiger partial charge in [-0.15, -0.1) is 0 Å². The van der Waals surface area contributed by atoms with Gasteiger partial charge in [0.25, 0.3) is 0 Å². The van der Waals surface area contributed by atoms with Gasteiger partial charge in [0.05, 0.1) is 0 Å². The Morgan fingerprint density at radius 2 is 1.46 bits per heavy atom. The molecule has 0 atom stereocenters. The summed E-state index contributed by atoms with van der Waals surface area (Å²) < 4.78 is 12.9. The molecular weight excluding hydrogens is 295 g/mol. The van der Waals surface area contributed by atoms with E-state index in [1.54, 1.807) is 12.1 Å². The molecule has 0 fully saturated rings. The first-order chi connectivity index (χ1) is 11.8. The molecule has 0 aliphatic carbocycles. The molecule has 3 aromatic rings. The van der Waals surface area contributed by atoms with E-state index in [0.29, 0.717) is 0 Å². The molecule has 0 bridgehead atoms. The average Bonchev–Trinajstić information content (AvgIpc) is 2.63. The SMILES string of the molecule is Fc1ccc(C#Cc2ccccc2C/C=C/c2ccccc2)cc1. The molecule has 0 saturated carbocycles. The highest BCUT2D eigenvalue weighted by Crippen LogP contribution is 2.11. The Labute approximate surface area is 142 Å². The molecule has 3 aromatic carbocycles. The maximum absolute atomic E-state index is 12.9. The van der Waals surface area contributed by atoms with Gasteiger partial charge in [-0.3, -0.25) is 0 Å². The van der Waals surface area contributed by atoms with E-state index < -0.39 is 0 Å². The second kappa shape index (κ2) is 7.94. The standard InChI is InChI=1S/C23H17F/c24-23-17-14-20(15-18-23)13-16-22-11-5-4-10-21(22)12-6-9-19-7-2-1-3-8-19/h1-11,14-15,17-18H,12H2/b9-6+. The maximum Gasteiger partial charge on any atom is 0.123 e. The quantitative estimate of drug-likeness (QED) is 0.562. The van der Waals surface area contributed by atoms with Crippen LogP contribution in [-0.4, -0.2) is 0 Å². The van der Waals surface area contributed by atoms with E-state index in [4.69, 9.17) is 0 Å². The minimum atomic E-state index is -0.244. The first-order valence-corrected chi connectivity index (χ1v) is 7.88. The first kappa shape index (κ1) is 15.8. The summed E-state index contributed by atoms with van der Waals surface area (Å²) in [5, 5.41) is 0. The Bertz CT molecular complexity index is 879. The Kier molecular flexibility index (Phi) is 5.22. The summed E-state index contributed by atoms with van der Waals surface area (Å²) in [5.41, 5.74) is 4.18. The van der Waals surface area contributed by atoms with Crippen LogP contribution in [-0.2, 0) is 6.42 Å². The average molecular weight is 312 g/mol. The van der Waals surface area contributed by atoms with Gasteiger partial charge in [-0.1, -0.05) is 72.5 Å². The van der Waals surface area contributed by atoms with E-state index in [1.807, 2.05) is 36.4 Å².